The summed E-state index contributed by atoms with van der Waals surface area (Å²) >= 11 is 1.51. The lowest BCUT2D eigenvalue weighted by atomic mass is 10.2. The molecule has 82 valence electrons. The minimum Gasteiger partial charge on any atom is -0.376 e. The van der Waals surface area contributed by atoms with E-state index in [1.54, 1.807) is 0 Å². The molecule has 0 amide bonds. The van der Waals surface area contributed by atoms with Crippen LogP contribution in [0.2, 0.25) is 0 Å². The number of carbonyl (C=O) groups excluding carboxylic acids is 1. The molecule has 1 saturated heterocycles. The van der Waals surface area contributed by atoms with Crippen LogP contribution in [0.25, 0.3) is 0 Å². The Labute approximate surface area is 93.7 Å². The van der Waals surface area contributed by atoms with E-state index >= 15 is 0 Å². The molecule has 1 unspecified atom stereocenters. The van der Waals surface area contributed by atoms with Gasteiger partial charge in [0, 0.05) is 13.1 Å². The summed E-state index contributed by atoms with van der Waals surface area (Å²) in [6, 6.07) is 3.80. The van der Waals surface area contributed by atoms with Gasteiger partial charge in [0.2, 0.25) is 0 Å². The van der Waals surface area contributed by atoms with Crippen LogP contribution in [-0.2, 0) is 4.74 Å². The Morgan fingerprint density at radius 2 is 2.60 bits per heavy atom. The molecule has 1 aromatic rings. The molecule has 2 heterocycles. The standard InChI is InChI=1S/C11H15NO2S/c1-9-7-12(4-5-14-9)8-10(13)11-3-2-6-15-11/h2-3,6,9H,4-5,7-8H2,1H3. The monoisotopic (exact) mass is 225 g/mol. The molecule has 0 aliphatic carbocycles. The summed E-state index contributed by atoms with van der Waals surface area (Å²) in [7, 11) is 0. The van der Waals surface area contributed by atoms with E-state index in [1.807, 2.05) is 24.4 Å². The summed E-state index contributed by atoms with van der Waals surface area (Å²) < 4.78 is 5.43. The van der Waals surface area contributed by atoms with Crippen molar-refractivity contribution in [2.45, 2.75) is 13.0 Å². The van der Waals surface area contributed by atoms with Crippen molar-refractivity contribution in [1.82, 2.24) is 4.90 Å². The first kappa shape index (κ1) is 10.8. The second kappa shape index (κ2) is 4.88. The number of hydrogen-bond acceptors (Lipinski definition) is 4. The molecule has 15 heavy (non-hydrogen) atoms. The second-order valence-corrected chi connectivity index (χ2v) is 4.76. The normalized spacial score (nSPS) is 22.9. The van der Waals surface area contributed by atoms with Crippen LogP contribution in [0.1, 0.15) is 16.6 Å². The lowest BCUT2D eigenvalue weighted by Crippen LogP contribution is -2.43. The van der Waals surface area contributed by atoms with Gasteiger partial charge in [-0.25, -0.2) is 0 Å². The van der Waals surface area contributed by atoms with Gasteiger partial charge in [-0.2, -0.15) is 0 Å². The molecule has 4 heteroatoms. The van der Waals surface area contributed by atoms with E-state index in [0.29, 0.717) is 6.54 Å². The van der Waals surface area contributed by atoms with Crippen molar-refractivity contribution in [2.24, 2.45) is 0 Å². The Hall–Kier alpha value is -0.710. The van der Waals surface area contributed by atoms with Gasteiger partial charge >= 0.3 is 0 Å². The third kappa shape index (κ3) is 2.87. The van der Waals surface area contributed by atoms with Gasteiger partial charge in [0.25, 0.3) is 0 Å². The van der Waals surface area contributed by atoms with Crippen LogP contribution in [0.15, 0.2) is 17.5 Å². The lowest BCUT2D eigenvalue weighted by Gasteiger charge is -2.30. The van der Waals surface area contributed by atoms with Gasteiger partial charge < -0.3 is 4.74 Å². The molecule has 0 spiro atoms. The van der Waals surface area contributed by atoms with Crippen LogP contribution in [0.5, 0.6) is 0 Å². The van der Waals surface area contributed by atoms with Crippen molar-refractivity contribution in [3.63, 3.8) is 0 Å². The van der Waals surface area contributed by atoms with Crippen molar-refractivity contribution in [1.29, 1.82) is 0 Å². The molecule has 0 aromatic carbocycles. The number of Topliss-reactive ketones (excluding diaryl/α,β-unsaturated/α-hetero) is 1. The Kier molecular flexibility index (Phi) is 3.51. The van der Waals surface area contributed by atoms with Gasteiger partial charge in [-0.05, 0) is 18.4 Å². The third-order valence-corrected chi connectivity index (χ3v) is 3.40. The van der Waals surface area contributed by atoms with E-state index in [-0.39, 0.29) is 11.9 Å². The zero-order valence-electron chi connectivity index (χ0n) is 8.81. The van der Waals surface area contributed by atoms with Crippen LogP contribution in [0.4, 0.5) is 0 Å². The summed E-state index contributed by atoms with van der Waals surface area (Å²) in [6.45, 7) is 5.02. The SMILES string of the molecule is CC1CN(CC(=O)c2cccs2)CCO1. The third-order valence-electron chi connectivity index (χ3n) is 2.49. The van der Waals surface area contributed by atoms with Gasteiger partial charge in [-0.1, -0.05) is 6.07 Å². The van der Waals surface area contributed by atoms with Crippen molar-refractivity contribution < 1.29 is 9.53 Å². The molecular formula is C11H15NO2S. The molecule has 0 N–H and O–H groups in total. The highest BCUT2D eigenvalue weighted by atomic mass is 32.1. The average Bonchev–Trinajstić information content (AvgIpc) is 2.70. The fourth-order valence-corrected chi connectivity index (χ4v) is 2.41. The number of morpholine rings is 1. The molecule has 0 saturated carbocycles. The predicted molar refractivity (Wildman–Crippen MR) is 60.5 cm³/mol. The summed E-state index contributed by atoms with van der Waals surface area (Å²) in [6.07, 6.45) is 0.245. The number of nitrogens with zero attached hydrogens (tertiary/aromatic N) is 1. The van der Waals surface area contributed by atoms with E-state index in [0.717, 1.165) is 24.6 Å². The van der Waals surface area contributed by atoms with E-state index in [2.05, 4.69) is 4.90 Å². The van der Waals surface area contributed by atoms with Crippen molar-refractivity contribution in [3.8, 4) is 0 Å². The first-order chi connectivity index (χ1) is 7.25. The number of ketones is 1. The summed E-state index contributed by atoms with van der Waals surface area (Å²) in [5.41, 5.74) is 0. The number of hydrogen-bond donors (Lipinski definition) is 0. The highest BCUT2D eigenvalue weighted by Crippen LogP contribution is 2.11. The minimum absolute atomic E-state index is 0.221. The van der Waals surface area contributed by atoms with Gasteiger partial charge in [0.15, 0.2) is 5.78 Å². The van der Waals surface area contributed by atoms with Crippen LogP contribution in [0, 0.1) is 0 Å². The van der Waals surface area contributed by atoms with Crippen LogP contribution in [0.3, 0.4) is 0 Å². The molecule has 2 rings (SSSR count). The van der Waals surface area contributed by atoms with Gasteiger partial charge in [-0.3, -0.25) is 9.69 Å². The Balaban J connectivity index is 1.89. The summed E-state index contributed by atoms with van der Waals surface area (Å²) in [5, 5.41) is 1.94. The van der Waals surface area contributed by atoms with E-state index in [4.69, 9.17) is 4.74 Å². The molecule has 1 aliphatic rings. The highest BCUT2D eigenvalue weighted by Gasteiger charge is 2.19. The zero-order valence-corrected chi connectivity index (χ0v) is 9.63. The van der Waals surface area contributed by atoms with Crippen molar-refractivity contribution >= 4 is 17.1 Å². The van der Waals surface area contributed by atoms with Gasteiger partial charge in [0.05, 0.1) is 24.1 Å². The summed E-state index contributed by atoms with van der Waals surface area (Å²) in [4.78, 5) is 14.8. The quantitative estimate of drug-likeness (QED) is 0.733. The molecule has 1 aliphatic heterocycles. The maximum atomic E-state index is 11.8. The fourth-order valence-electron chi connectivity index (χ4n) is 1.75. The first-order valence-corrected chi connectivity index (χ1v) is 6.04. The van der Waals surface area contributed by atoms with E-state index in [9.17, 15) is 4.79 Å². The highest BCUT2D eigenvalue weighted by molar-refractivity contribution is 7.12. The maximum absolute atomic E-state index is 11.8. The molecule has 0 bridgehead atoms. The molecule has 3 nitrogen and oxygen atoms in total. The number of rotatable bonds is 3. The minimum atomic E-state index is 0.221. The molecule has 1 fully saturated rings. The molecule has 1 aromatic heterocycles. The molecule has 0 radical (unpaired) electrons. The predicted octanol–water partition coefficient (Wildman–Crippen LogP) is 1.65. The zero-order chi connectivity index (χ0) is 10.7. The number of carbonyl (C=O) groups is 1. The van der Waals surface area contributed by atoms with Crippen molar-refractivity contribution in [2.75, 3.05) is 26.2 Å². The number of ether oxygens (including phenoxy) is 1. The van der Waals surface area contributed by atoms with Gasteiger partial charge in [-0.15, -0.1) is 11.3 Å². The van der Waals surface area contributed by atoms with E-state index in [1.165, 1.54) is 11.3 Å². The van der Waals surface area contributed by atoms with Crippen molar-refractivity contribution in [3.05, 3.63) is 22.4 Å². The first-order valence-electron chi connectivity index (χ1n) is 5.16. The summed E-state index contributed by atoms with van der Waals surface area (Å²) in [5.74, 6) is 0.221. The Morgan fingerprint density at radius 3 is 3.27 bits per heavy atom. The van der Waals surface area contributed by atoms with Gasteiger partial charge in [0.1, 0.15) is 0 Å². The van der Waals surface area contributed by atoms with Crippen LogP contribution < -0.4 is 0 Å². The Morgan fingerprint density at radius 1 is 1.73 bits per heavy atom. The van der Waals surface area contributed by atoms with Crippen LogP contribution in [-0.4, -0.2) is 43.0 Å². The number of thiophene rings is 1. The fraction of sp³-hybridized carbons (Fsp3) is 0.545. The maximum Gasteiger partial charge on any atom is 0.186 e. The Bertz CT molecular complexity index is 323. The molecular weight excluding hydrogens is 210 g/mol. The average molecular weight is 225 g/mol. The second-order valence-electron chi connectivity index (χ2n) is 3.82. The van der Waals surface area contributed by atoms with E-state index < -0.39 is 0 Å². The molecule has 1 atom stereocenters. The largest absolute Gasteiger partial charge is 0.376 e. The topological polar surface area (TPSA) is 29.5 Å². The van der Waals surface area contributed by atoms with Crippen LogP contribution >= 0.6 is 11.3 Å². The smallest absolute Gasteiger partial charge is 0.186 e. The lowest BCUT2D eigenvalue weighted by molar-refractivity contribution is -0.0158.